The van der Waals surface area contributed by atoms with Gasteiger partial charge in [-0.05, 0) is 30.7 Å². The number of hydrogen-bond acceptors (Lipinski definition) is 2. The second-order valence-electron chi connectivity index (χ2n) is 4.74. The topological polar surface area (TPSA) is 58.2 Å². The zero-order chi connectivity index (χ0) is 15.0. The van der Waals surface area contributed by atoms with E-state index in [1.54, 1.807) is 24.3 Å². The maximum absolute atomic E-state index is 11.8. The predicted octanol–water partition coefficient (Wildman–Crippen LogP) is 2.62. The third kappa shape index (κ3) is 5.61. The van der Waals surface area contributed by atoms with Gasteiger partial charge in [-0.15, -0.1) is 0 Å². The Balaban J connectivity index is 2.25. The molecule has 20 heavy (non-hydrogen) atoms. The van der Waals surface area contributed by atoms with Gasteiger partial charge in [0.15, 0.2) is 0 Å². The molecule has 0 aliphatic carbocycles. The number of carbonyl (C=O) groups excluding carboxylic acids is 2. The van der Waals surface area contributed by atoms with Crippen molar-refractivity contribution in [1.29, 1.82) is 0 Å². The van der Waals surface area contributed by atoms with E-state index in [4.69, 9.17) is 11.6 Å². The maximum atomic E-state index is 11.8. The first-order valence-corrected chi connectivity index (χ1v) is 7.24. The van der Waals surface area contributed by atoms with Gasteiger partial charge in [0.05, 0.1) is 0 Å². The molecule has 0 bridgehead atoms. The van der Waals surface area contributed by atoms with E-state index in [1.807, 2.05) is 6.92 Å². The van der Waals surface area contributed by atoms with Crippen molar-refractivity contribution in [3.8, 4) is 0 Å². The molecule has 0 saturated heterocycles. The summed E-state index contributed by atoms with van der Waals surface area (Å²) in [6, 6.07) is 6.68. The van der Waals surface area contributed by atoms with Crippen molar-refractivity contribution < 1.29 is 9.59 Å². The highest BCUT2D eigenvalue weighted by Gasteiger charge is 2.10. The lowest BCUT2D eigenvalue weighted by molar-refractivity contribution is -0.124. The van der Waals surface area contributed by atoms with Crippen LogP contribution in [0.5, 0.6) is 0 Å². The summed E-state index contributed by atoms with van der Waals surface area (Å²) in [6.45, 7) is 4.81. The summed E-state index contributed by atoms with van der Waals surface area (Å²) in [7, 11) is 0. The van der Waals surface area contributed by atoms with Crippen molar-refractivity contribution >= 4 is 23.4 Å². The van der Waals surface area contributed by atoms with E-state index in [9.17, 15) is 9.59 Å². The molecule has 5 heteroatoms. The molecular weight excluding hydrogens is 276 g/mol. The average Bonchev–Trinajstić information content (AvgIpc) is 2.44. The van der Waals surface area contributed by atoms with Gasteiger partial charge >= 0.3 is 0 Å². The molecule has 1 rings (SSSR count). The van der Waals surface area contributed by atoms with Gasteiger partial charge in [0.25, 0.3) is 5.91 Å². The van der Waals surface area contributed by atoms with Gasteiger partial charge in [0.2, 0.25) is 5.91 Å². The molecule has 0 fully saturated rings. The van der Waals surface area contributed by atoms with Crippen LogP contribution in [-0.2, 0) is 4.79 Å². The molecule has 0 saturated carbocycles. The summed E-state index contributed by atoms with van der Waals surface area (Å²) in [5.41, 5.74) is 0.556. The zero-order valence-electron chi connectivity index (χ0n) is 11.9. The van der Waals surface area contributed by atoms with Crippen LogP contribution in [0.1, 0.15) is 37.0 Å². The molecule has 1 unspecified atom stereocenters. The lowest BCUT2D eigenvalue weighted by Gasteiger charge is -2.11. The first-order chi connectivity index (χ1) is 9.54. The Kier molecular flexibility index (Phi) is 7.09. The van der Waals surface area contributed by atoms with E-state index in [2.05, 4.69) is 17.6 Å². The number of benzene rings is 1. The zero-order valence-corrected chi connectivity index (χ0v) is 12.7. The number of nitrogens with one attached hydrogen (secondary N) is 2. The quantitative estimate of drug-likeness (QED) is 0.760. The molecule has 1 atom stereocenters. The lowest BCUT2D eigenvalue weighted by atomic mass is 10.1. The van der Waals surface area contributed by atoms with Crippen LogP contribution in [0, 0.1) is 5.92 Å². The van der Waals surface area contributed by atoms with E-state index < -0.39 is 0 Å². The van der Waals surface area contributed by atoms with Gasteiger partial charge in [0.1, 0.15) is 0 Å². The fourth-order valence-electron chi connectivity index (χ4n) is 1.80. The highest BCUT2D eigenvalue weighted by Crippen LogP contribution is 2.09. The standard InChI is InChI=1S/C15H21ClN2O2/c1-3-4-11(2)14(19)17-9-10-18-15(20)12-5-7-13(16)8-6-12/h5-8,11H,3-4,9-10H2,1-2H3,(H,17,19)(H,18,20). The summed E-state index contributed by atoms with van der Waals surface area (Å²) in [4.78, 5) is 23.4. The summed E-state index contributed by atoms with van der Waals surface area (Å²) in [6.07, 6.45) is 1.87. The Hall–Kier alpha value is -1.55. The average molecular weight is 297 g/mol. The van der Waals surface area contributed by atoms with Crippen LogP contribution in [0.3, 0.4) is 0 Å². The number of carbonyl (C=O) groups is 2. The molecular formula is C15H21ClN2O2. The normalized spacial score (nSPS) is 11.8. The summed E-state index contributed by atoms with van der Waals surface area (Å²) in [5, 5.41) is 6.15. The van der Waals surface area contributed by atoms with Crippen molar-refractivity contribution in [3.05, 3.63) is 34.9 Å². The lowest BCUT2D eigenvalue weighted by Crippen LogP contribution is -2.36. The first-order valence-electron chi connectivity index (χ1n) is 6.86. The number of hydrogen-bond donors (Lipinski definition) is 2. The SMILES string of the molecule is CCCC(C)C(=O)NCCNC(=O)c1ccc(Cl)cc1. The number of halogens is 1. The van der Waals surface area contributed by atoms with Crippen LogP contribution in [0.25, 0.3) is 0 Å². The Bertz CT molecular complexity index is 446. The van der Waals surface area contributed by atoms with Crippen LogP contribution >= 0.6 is 11.6 Å². The molecule has 0 spiro atoms. The Morgan fingerprint density at radius 2 is 1.75 bits per heavy atom. The Labute approximate surface area is 124 Å². The molecule has 0 aliphatic heterocycles. The summed E-state index contributed by atoms with van der Waals surface area (Å²) in [5.74, 6) is -0.114. The third-order valence-corrected chi connectivity index (χ3v) is 3.24. The maximum Gasteiger partial charge on any atom is 0.251 e. The van der Waals surface area contributed by atoms with Gasteiger partial charge in [0, 0.05) is 29.6 Å². The van der Waals surface area contributed by atoms with Crippen LogP contribution in [0.15, 0.2) is 24.3 Å². The second kappa shape index (κ2) is 8.59. The Morgan fingerprint density at radius 1 is 1.15 bits per heavy atom. The van der Waals surface area contributed by atoms with E-state index in [1.165, 1.54) is 0 Å². The minimum absolute atomic E-state index is 0.0203. The molecule has 0 radical (unpaired) electrons. The van der Waals surface area contributed by atoms with Gasteiger partial charge in [-0.2, -0.15) is 0 Å². The number of rotatable bonds is 7. The van der Waals surface area contributed by atoms with Gasteiger partial charge in [-0.1, -0.05) is 31.9 Å². The molecule has 4 nitrogen and oxygen atoms in total. The van der Waals surface area contributed by atoms with E-state index >= 15 is 0 Å². The van der Waals surface area contributed by atoms with Gasteiger partial charge < -0.3 is 10.6 Å². The molecule has 1 aromatic carbocycles. The van der Waals surface area contributed by atoms with Crippen LogP contribution < -0.4 is 10.6 Å². The minimum Gasteiger partial charge on any atom is -0.354 e. The third-order valence-electron chi connectivity index (χ3n) is 2.99. The van der Waals surface area contributed by atoms with Crippen molar-refractivity contribution in [3.63, 3.8) is 0 Å². The summed E-state index contributed by atoms with van der Waals surface area (Å²) >= 11 is 5.75. The van der Waals surface area contributed by atoms with E-state index in [0.29, 0.717) is 23.7 Å². The molecule has 2 N–H and O–H groups in total. The molecule has 0 aromatic heterocycles. The van der Waals surface area contributed by atoms with Crippen molar-refractivity contribution in [2.75, 3.05) is 13.1 Å². The Morgan fingerprint density at radius 3 is 2.35 bits per heavy atom. The van der Waals surface area contributed by atoms with Gasteiger partial charge in [-0.3, -0.25) is 9.59 Å². The van der Waals surface area contributed by atoms with Crippen LogP contribution in [0.4, 0.5) is 0 Å². The van der Waals surface area contributed by atoms with Crippen molar-refractivity contribution in [2.24, 2.45) is 5.92 Å². The van der Waals surface area contributed by atoms with Gasteiger partial charge in [-0.25, -0.2) is 0 Å². The molecule has 110 valence electrons. The first kappa shape index (κ1) is 16.5. The smallest absolute Gasteiger partial charge is 0.251 e. The fraction of sp³-hybridized carbons (Fsp3) is 0.467. The highest BCUT2D eigenvalue weighted by molar-refractivity contribution is 6.30. The fourth-order valence-corrected chi connectivity index (χ4v) is 1.93. The monoisotopic (exact) mass is 296 g/mol. The van der Waals surface area contributed by atoms with E-state index in [0.717, 1.165) is 12.8 Å². The predicted molar refractivity (Wildman–Crippen MR) is 80.9 cm³/mol. The highest BCUT2D eigenvalue weighted by atomic mass is 35.5. The van der Waals surface area contributed by atoms with Crippen LogP contribution in [0.2, 0.25) is 5.02 Å². The van der Waals surface area contributed by atoms with Crippen LogP contribution in [-0.4, -0.2) is 24.9 Å². The van der Waals surface area contributed by atoms with Crippen molar-refractivity contribution in [2.45, 2.75) is 26.7 Å². The molecule has 0 aliphatic rings. The molecule has 0 heterocycles. The largest absolute Gasteiger partial charge is 0.354 e. The number of amides is 2. The molecule has 2 amide bonds. The van der Waals surface area contributed by atoms with Crippen molar-refractivity contribution in [1.82, 2.24) is 10.6 Å². The molecule has 1 aromatic rings. The summed E-state index contributed by atoms with van der Waals surface area (Å²) < 4.78 is 0. The van der Waals surface area contributed by atoms with E-state index in [-0.39, 0.29) is 17.7 Å². The minimum atomic E-state index is -0.169. The second-order valence-corrected chi connectivity index (χ2v) is 5.18.